The first-order chi connectivity index (χ1) is 19.8. The summed E-state index contributed by atoms with van der Waals surface area (Å²) in [6, 6.07) is 5.11. The Balaban J connectivity index is 1.47. The molecule has 1 aromatic carbocycles. The van der Waals surface area contributed by atoms with Crippen LogP contribution in [0.2, 0.25) is 0 Å². The zero-order valence-electron chi connectivity index (χ0n) is 25.5. The molecular formula is C30H44N6O6. The topological polar surface area (TPSA) is 141 Å². The minimum atomic E-state index is -0.884. The Morgan fingerprint density at radius 3 is 2.48 bits per heavy atom. The van der Waals surface area contributed by atoms with Crippen LogP contribution in [-0.4, -0.2) is 106 Å². The fraction of sp³-hybridized carbons (Fsp3) is 0.633. The average Bonchev–Trinajstić information content (AvgIpc) is 3.58. The maximum Gasteiger partial charge on any atom is 0.255 e. The highest BCUT2D eigenvalue weighted by Crippen LogP contribution is 2.25. The fourth-order valence-electron chi connectivity index (χ4n) is 5.20. The number of aliphatic hydroxyl groups is 1. The van der Waals surface area contributed by atoms with E-state index in [9.17, 15) is 19.5 Å². The van der Waals surface area contributed by atoms with Crippen LogP contribution >= 0.6 is 0 Å². The largest absolute Gasteiger partial charge is 0.485 e. The molecule has 2 aliphatic heterocycles. The van der Waals surface area contributed by atoms with Gasteiger partial charge in [0.25, 0.3) is 5.91 Å². The van der Waals surface area contributed by atoms with Crippen molar-refractivity contribution in [1.82, 2.24) is 30.2 Å². The van der Waals surface area contributed by atoms with Gasteiger partial charge in [0, 0.05) is 44.6 Å². The van der Waals surface area contributed by atoms with Crippen molar-refractivity contribution in [1.29, 1.82) is 0 Å². The number of aromatic nitrogens is 2. The van der Waals surface area contributed by atoms with Crippen molar-refractivity contribution in [3.8, 4) is 5.75 Å². The van der Waals surface area contributed by atoms with E-state index < -0.39 is 24.1 Å². The van der Waals surface area contributed by atoms with Gasteiger partial charge in [0.05, 0.1) is 11.7 Å². The summed E-state index contributed by atoms with van der Waals surface area (Å²) < 4.78 is 11.2. The Hall–Kier alpha value is -3.51. The van der Waals surface area contributed by atoms with E-state index >= 15 is 0 Å². The number of hydrogen-bond acceptors (Lipinski definition) is 9. The van der Waals surface area contributed by atoms with Gasteiger partial charge in [-0.2, -0.15) is 4.98 Å². The SMILES string of the molecule is CC(C)C[C@@H](NC(=O)c1ccccc1OCc1noc(C(C)(C)C)n1)C(=O)N1C[C@@H](O)C[C@@H]1C(=O)N1CCN(C)CC1. The monoisotopic (exact) mass is 584 g/mol. The molecule has 2 fully saturated rings. The van der Waals surface area contributed by atoms with Crippen molar-refractivity contribution in [3.63, 3.8) is 0 Å². The Bertz CT molecular complexity index is 1250. The van der Waals surface area contributed by atoms with Gasteiger partial charge < -0.3 is 34.4 Å². The van der Waals surface area contributed by atoms with Gasteiger partial charge in [-0.1, -0.05) is 51.9 Å². The summed E-state index contributed by atoms with van der Waals surface area (Å²) >= 11 is 0. The molecule has 0 saturated carbocycles. The van der Waals surface area contributed by atoms with Gasteiger partial charge in [0.1, 0.15) is 17.8 Å². The minimum Gasteiger partial charge on any atom is -0.485 e. The molecule has 0 bridgehead atoms. The molecule has 3 amide bonds. The van der Waals surface area contributed by atoms with Crippen LogP contribution in [-0.2, 0) is 21.6 Å². The van der Waals surface area contributed by atoms with Crippen LogP contribution in [0.1, 0.15) is 69.5 Å². The highest BCUT2D eigenvalue weighted by atomic mass is 16.5. The lowest BCUT2D eigenvalue weighted by molar-refractivity contribution is -0.145. The Morgan fingerprint density at radius 2 is 1.83 bits per heavy atom. The second-order valence-corrected chi connectivity index (χ2v) is 12.7. The van der Waals surface area contributed by atoms with Gasteiger partial charge in [-0.25, -0.2) is 0 Å². The summed E-state index contributed by atoms with van der Waals surface area (Å²) in [5.74, 6) is 0.228. The van der Waals surface area contributed by atoms with Crippen LogP contribution < -0.4 is 10.1 Å². The molecule has 3 atom stereocenters. The Kier molecular flexibility index (Phi) is 9.88. The standard InChI is InChI=1S/C30H44N6O6/c1-19(2)15-22(27(39)36-17-20(37)16-23(36)28(40)35-13-11-34(6)12-14-35)31-26(38)21-9-7-8-10-24(21)41-18-25-32-29(42-33-25)30(3,4)5/h7-10,19-20,22-23,37H,11-18H2,1-6H3,(H,31,38)/t20-,22+,23+/m0/s1. The van der Waals surface area contributed by atoms with Gasteiger partial charge in [0.2, 0.25) is 23.5 Å². The predicted molar refractivity (Wildman–Crippen MR) is 155 cm³/mol. The lowest BCUT2D eigenvalue weighted by atomic mass is 9.97. The van der Waals surface area contributed by atoms with Crippen molar-refractivity contribution in [2.24, 2.45) is 5.92 Å². The number of nitrogens with one attached hydrogen (secondary N) is 1. The van der Waals surface area contributed by atoms with Crippen LogP contribution in [0.4, 0.5) is 0 Å². The first kappa shape index (κ1) is 31.4. The van der Waals surface area contributed by atoms with Crippen LogP contribution in [0, 0.1) is 5.92 Å². The Morgan fingerprint density at radius 1 is 1.14 bits per heavy atom. The molecule has 2 aromatic rings. The van der Waals surface area contributed by atoms with Crippen molar-refractivity contribution >= 4 is 17.7 Å². The van der Waals surface area contributed by atoms with Crippen molar-refractivity contribution in [3.05, 3.63) is 41.5 Å². The zero-order chi connectivity index (χ0) is 30.6. The Labute approximate surface area is 247 Å². The predicted octanol–water partition coefficient (Wildman–Crippen LogP) is 1.83. The number of aliphatic hydroxyl groups excluding tert-OH is 1. The maximum absolute atomic E-state index is 13.9. The molecule has 2 aliphatic rings. The second-order valence-electron chi connectivity index (χ2n) is 12.7. The molecule has 12 heteroatoms. The number of benzene rings is 1. The number of amides is 3. The maximum atomic E-state index is 13.9. The summed E-state index contributed by atoms with van der Waals surface area (Å²) in [6.07, 6.45) is -0.249. The summed E-state index contributed by atoms with van der Waals surface area (Å²) in [5, 5.41) is 17.3. The summed E-state index contributed by atoms with van der Waals surface area (Å²) in [6.45, 7) is 12.5. The molecule has 3 heterocycles. The van der Waals surface area contributed by atoms with E-state index in [1.807, 2.05) is 41.7 Å². The van der Waals surface area contributed by atoms with Gasteiger partial charge >= 0.3 is 0 Å². The summed E-state index contributed by atoms with van der Waals surface area (Å²) in [5.41, 5.74) is -0.0503. The fourth-order valence-corrected chi connectivity index (χ4v) is 5.20. The molecular weight excluding hydrogens is 540 g/mol. The van der Waals surface area contributed by atoms with Crippen molar-refractivity contribution in [2.45, 2.75) is 77.7 Å². The number of β-amino-alcohol motifs (C(OH)–C–C–N with tert-alkyl or cyclic N) is 1. The zero-order valence-corrected chi connectivity index (χ0v) is 25.5. The molecule has 0 aliphatic carbocycles. The molecule has 2 N–H and O–H groups in total. The molecule has 42 heavy (non-hydrogen) atoms. The molecule has 0 spiro atoms. The summed E-state index contributed by atoms with van der Waals surface area (Å²) in [4.78, 5) is 50.6. The van der Waals surface area contributed by atoms with Crippen molar-refractivity contribution < 1.29 is 28.8 Å². The highest BCUT2D eigenvalue weighted by Gasteiger charge is 2.43. The number of likely N-dealkylation sites (N-methyl/N-ethyl adjacent to an activating group) is 1. The van der Waals surface area contributed by atoms with Crippen molar-refractivity contribution in [2.75, 3.05) is 39.8 Å². The number of ether oxygens (including phenoxy) is 1. The molecule has 2 saturated heterocycles. The van der Waals surface area contributed by atoms with Crippen LogP contribution in [0.5, 0.6) is 5.75 Å². The van der Waals surface area contributed by atoms with Gasteiger partial charge in [-0.3, -0.25) is 14.4 Å². The highest BCUT2D eigenvalue weighted by molar-refractivity contribution is 6.00. The number of carbonyl (C=O) groups is 3. The number of rotatable bonds is 9. The van der Waals surface area contributed by atoms with E-state index in [1.165, 1.54) is 4.90 Å². The first-order valence-corrected chi connectivity index (χ1v) is 14.6. The third-order valence-corrected chi connectivity index (χ3v) is 7.57. The van der Waals surface area contributed by atoms with E-state index in [2.05, 4.69) is 20.4 Å². The van der Waals surface area contributed by atoms with Crippen LogP contribution in [0.3, 0.4) is 0 Å². The number of likely N-dealkylation sites (tertiary alicyclic amines) is 1. The minimum absolute atomic E-state index is 0.0000242. The summed E-state index contributed by atoms with van der Waals surface area (Å²) in [7, 11) is 2.01. The molecule has 4 rings (SSSR count). The molecule has 12 nitrogen and oxygen atoms in total. The van der Waals surface area contributed by atoms with E-state index in [-0.39, 0.29) is 48.3 Å². The third-order valence-electron chi connectivity index (χ3n) is 7.57. The quantitative estimate of drug-likeness (QED) is 0.452. The molecule has 230 valence electrons. The first-order valence-electron chi connectivity index (χ1n) is 14.6. The van der Waals surface area contributed by atoms with E-state index in [4.69, 9.17) is 9.26 Å². The molecule has 0 unspecified atom stereocenters. The number of piperazine rings is 1. The van der Waals surface area contributed by atoms with E-state index in [0.29, 0.717) is 37.0 Å². The van der Waals surface area contributed by atoms with Gasteiger partial charge in [-0.05, 0) is 31.5 Å². The normalized spacial score (nSPS) is 20.6. The molecule has 1 aromatic heterocycles. The lowest BCUT2D eigenvalue weighted by Crippen LogP contribution is -2.56. The lowest BCUT2D eigenvalue weighted by Gasteiger charge is -2.36. The van der Waals surface area contributed by atoms with Crippen LogP contribution in [0.25, 0.3) is 0 Å². The van der Waals surface area contributed by atoms with E-state index in [1.54, 1.807) is 29.2 Å². The number of hydrogen-bond donors (Lipinski definition) is 2. The van der Waals surface area contributed by atoms with Crippen LogP contribution in [0.15, 0.2) is 28.8 Å². The number of nitrogens with zero attached hydrogens (tertiary/aromatic N) is 5. The third kappa shape index (κ3) is 7.65. The van der Waals surface area contributed by atoms with Gasteiger partial charge in [-0.15, -0.1) is 0 Å². The van der Waals surface area contributed by atoms with Gasteiger partial charge in [0.15, 0.2) is 6.61 Å². The van der Waals surface area contributed by atoms with E-state index in [0.717, 1.165) is 13.1 Å². The number of para-hydroxylation sites is 1. The average molecular weight is 585 g/mol. The second kappa shape index (κ2) is 13.2. The smallest absolute Gasteiger partial charge is 0.255 e. The molecule has 0 radical (unpaired) electrons. The number of carbonyl (C=O) groups excluding carboxylic acids is 3.